The zero-order valence-corrected chi connectivity index (χ0v) is 15.4. The molecule has 0 aliphatic carbocycles. The topological polar surface area (TPSA) is 61.9 Å². The minimum absolute atomic E-state index is 0.175. The number of carbonyl (C=O) groups excluding carboxylic acids is 1. The molecule has 1 aromatic heterocycles. The highest BCUT2D eigenvalue weighted by molar-refractivity contribution is 9.10. The van der Waals surface area contributed by atoms with Gasteiger partial charge in [0.05, 0.1) is 5.75 Å². The van der Waals surface area contributed by atoms with E-state index in [2.05, 4.69) is 38.0 Å². The number of nitrogens with zero attached hydrogens (tertiary/aromatic N) is 3. The third-order valence-electron chi connectivity index (χ3n) is 4.04. The first-order chi connectivity index (χ1) is 11.1. The summed E-state index contributed by atoms with van der Waals surface area (Å²) in [5, 5.41) is 7.75. The summed E-state index contributed by atoms with van der Waals surface area (Å²) in [5.74, 6) is 1.27. The molecule has 122 valence electrons. The molecule has 3 rings (SSSR count). The normalized spacial score (nSPS) is 18.2. The number of rotatable bonds is 4. The Labute approximate surface area is 148 Å². The average Bonchev–Trinajstić information content (AvgIpc) is 3.02. The number of amides is 1. The minimum atomic E-state index is 0.175. The highest BCUT2D eigenvalue weighted by Crippen LogP contribution is 2.26. The third kappa shape index (κ3) is 3.95. The molecule has 1 saturated heterocycles. The summed E-state index contributed by atoms with van der Waals surface area (Å²) in [6.07, 6.45) is 3.42. The van der Waals surface area contributed by atoms with E-state index in [1.807, 2.05) is 29.2 Å². The van der Waals surface area contributed by atoms with Crippen LogP contribution >= 0.6 is 27.7 Å². The highest BCUT2D eigenvalue weighted by atomic mass is 79.9. The smallest absolute Gasteiger partial charge is 0.233 e. The van der Waals surface area contributed by atoms with Gasteiger partial charge in [-0.05, 0) is 32.3 Å². The van der Waals surface area contributed by atoms with E-state index in [1.165, 1.54) is 18.2 Å². The molecule has 5 nitrogen and oxygen atoms in total. The first kappa shape index (κ1) is 16.5. The van der Waals surface area contributed by atoms with Gasteiger partial charge in [0, 0.05) is 22.6 Å². The maximum atomic E-state index is 12.3. The van der Waals surface area contributed by atoms with Gasteiger partial charge in [0.25, 0.3) is 0 Å². The summed E-state index contributed by atoms with van der Waals surface area (Å²) < 4.78 is 0.964. The second kappa shape index (κ2) is 7.49. The van der Waals surface area contributed by atoms with Gasteiger partial charge in [-0.2, -0.15) is 0 Å². The molecule has 1 aliphatic heterocycles. The Morgan fingerprint density at radius 2 is 2.26 bits per heavy atom. The van der Waals surface area contributed by atoms with Crippen LogP contribution in [-0.2, 0) is 4.79 Å². The lowest BCUT2D eigenvalue weighted by atomic mass is 10.0. The second-order valence-electron chi connectivity index (χ2n) is 5.67. The third-order valence-corrected chi connectivity index (χ3v) is 5.57. The number of halogens is 1. The molecule has 2 aromatic rings. The zero-order chi connectivity index (χ0) is 16.2. The fraction of sp³-hybridized carbons (Fsp3) is 0.438. The predicted octanol–water partition coefficient (Wildman–Crippen LogP) is 3.73. The van der Waals surface area contributed by atoms with Crippen molar-refractivity contribution >= 4 is 33.6 Å². The molecule has 1 N–H and O–H groups in total. The van der Waals surface area contributed by atoms with Crippen molar-refractivity contribution in [3.8, 4) is 11.4 Å². The number of piperidine rings is 1. The SMILES string of the molecule is C[C@H]1CCCCN1C(=O)CSc1n[nH]c(-c2ccccc2Br)n1. The molecule has 7 heteroatoms. The predicted molar refractivity (Wildman–Crippen MR) is 95.3 cm³/mol. The number of nitrogens with one attached hydrogen (secondary N) is 1. The highest BCUT2D eigenvalue weighted by Gasteiger charge is 2.23. The lowest BCUT2D eigenvalue weighted by Crippen LogP contribution is -2.42. The van der Waals surface area contributed by atoms with Crippen molar-refractivity contribution in [1.29, 1.82) is 0 Å². The summed E-state index contributed by atoms with van der Waals surface area (Å²) in [6, 6.07) is 8.19. The van der Waals surface area contributed by atoms with Crippen molar-refractivity contribution in [2.24, 2.45) is 0 Å². The number of hydrogen-bond donors (Lipinski definition) is 1. The summed E-state index contributed by atoms with van der Waals surface area (Å²) in [7, 11) is 0. The van der Waals surface area contributed by atoms with E-state index in [1.54, 1.807) is 0 Å². The molecule has 0 bridgehead atoms. The van der Waals surface area contributed by atoms with Crippen LogP contribution < -0.4 is 0 Å². The van der Waals surface area contributed by atoms with Gasteiger partial charge in [-0.3, -0.25) is 9.89 Å². The van der Waals surface area contributed by atoms with E-state index in [-0.39, 0.29) is 5.91 Å². The largest absolute Gasteiger partial charge is 0.339 e. The summed E-state index contributed by atoms with van der Waals surface area (Å²) >= 11 is 4.89. The Kier molecular flexibility index (Phi) is 5.38. The van der Waals surface area contributed by atoms with E-state index in [0.717, 1.165) is 29.4 Å². The first-order valence-electron chi connectivity index (χ1n) is 7.74. The van der Waals surface area contributed by atoms with Crippen molar-refractivity contribution in [2.75, 3.05) is 12.3 Å². The van der Waals surface area contributed by atoms with Crippen LogP contribution in [0.5, 0.6) is 0 Å². The maximum Gasteiger partial charge on any atom is 0.233 e. The molecule has 2 heterocycles. The van der Waals surface area contributed by atoms with Gasteiger partial charge in [-0.25, -0.2) is 4.98 Å². The van der Waals surface area contributed by atoms with Crippen molar-refractivity contribution in [3.05, 3.63) is 28.7 Å². The first-order valence-corrected chi connectivity index (χ1v) is 9.52. The van der Waals surface area contributed by atoms with Gasteiger partial charge in [-0.15, -0.1) is 5.10 Å². The van der Waals surface area contributed by atoms with Gasteiger partial charge in [0.15, 0.2) is 5.82 Å². The number of aromatic amines is 1. The number of carbonyl (C=O) groups is 1. The van der Waals surface area contributed by atoms with E-state index >= 15 is 0 Å². The van der Waals surface area contributed by atoms with E-state index in [9.17, 15) is 4.79 Å². The van der Waals surface area contributed by atoms with Crippen molar-refractivity contribution in [3.63, 3.8) is 0 Å². The number of likely N-dealkylation sites (tertiary alicyclic amines) is 1. The summed E-state index contributed by atoms with van der Waals surface area (Å²) in [6.45, 7) is 3.00. The minimum Gasteiger partial charge on any atom is -0.339 e. The number of aromatic nitrogens is 3. The zero-order valence-electron chi connectivity index (χ0n) is 13.0. The van der Waals surface area contributed by atoms with Crippen molar-refractivity contribution < 1.29 is 4.79 Å². The quantitative estimate of drug-likeness (QED) is 0.802. The lowest BCUT2D eigenvalue weighted by Gasteiger charge is -2.33. The van der Waals surface area contributed by atoms with Crippen molar-refractivity contribution in [2.45, 2.75) is 37.4 Å². The van der Waals surface area contributed by atoms with Gasteiger partial charge in [0.1, 0.15) is 0 Å². The Hall–Kier alpha value is -1.34. The molecule has 1 aliphatic rings. The van der Waals surface area contributed by atoms with Crippen LogP contribution in [0.1, 0.15) is 26.2 Å². The van der Waals surface area contributed by atoms with Gasteiger partial charge < -0.3 is 4.90 Å². The monoisotopic (exact) mass is 394 g/mol. The Balaban J connectivity index is 1.61. The van der Waals surface area contributed by atoms with E-state index in [0.29, 0.717) is 22.8 Å². The van der Waals surface area contributed by atoms with Gasteiger partial charge in [-0.1, -0.05) is 45.9 Å². The fourth-order valence-electron chi connectivity index (χ4n) is 2.76. The van der Waals surface area contributed by atoms with Crippen LogP contribution in [0.15, 0.2) is 33.9 Å². The van der Waals surface area contributed by atoms with Crippen LogP contribution in [0.25, 0.3) is 11.4 Å². The van der Waals surface area contributed by atoms with Crippen LogP contribution in [-0.4, -0.2) is 44.3 Å². The molecule has 0 saturated carbocycles. The van der Waals surface area contributed by atoms with Crippen molar-refractivity contribution in [1.82, 2.24) is 20.1 Å². The number of H-pyrrole nitrogens is 1. The molecule has 0 radical (unpaired) electrons. The molecule has 0 unspecified atom stereocenters. The molecule has 0 spiro atoms. The molecular formula is C16H19BrN4OS. The Bertz CT molecular complexity index is 690. The van der Waals surface area contributed by atoms with E-state index in [4.69, 9.17) is 0 Å². The summed E-state index contributed by atoms with van der Waals surface area (Å²) in [4.78, 5) is 18.8. The van der Waals surface area contributed by atoms with E-state index < -0.39 is 0 Å². The second-order valence-corrected chi connectivity index (χ2v) is 7.46. The van der Waals surface area contributed by atoms with Crippen LogP contribution in [0.4, 0.5) is 0 Å². The summed E-state index contributed by atoms with van der Waals surface area (Å²) in [5.41, 5.74) is 0.961. The maximum absolute atomic E-state index is 12.3. The lowest BCUT2D eigenvalue weighted by molar-refractivity contribution is -0.131. The molecule has 1 aromatic carbocycles. The van der Waals surface area contributed by atoms with Crippen LogP contribution in [0, 0.1) is 0 Å². The molecule has 23 heavy (non-hydrogen) atoms. The Morgan fingerprint density at radius 3 is 3.04 bits per heavy atom. The molecular weight excluding hydrogens is 376 g/mol. The number of hydrogen-bond acceptors (Lipinski definition) is 4. The standard InChI is InChI=1S/C16H19BrN4OS/c1-11-6-4-5-9-21(11)14(22)10-23-16-18-15(19-20-16)12-7-2-3-8-13(12)17/h2-3,7-8,11H,4-6,9-10H2,1H3,(H,18,19,20)/t11-/m0/s1. The number of thioether (sulfide) groups is 1. The molecule has 1 fully saturated rings. The molecule has 1 amide bonds. The van der Waals surface area contributed by atoms with Gasteiger partial charge in [0.2, 0.25) is 11.1 Å². The average molecular weight is 395 g/mol. The van der Waals surface area contributed by atoms with Crippen LogP contribution in [0.2, 0.25) is 0 Å². The Morgan fingerprint density at radius 1 is 1.43 bits per heavy atom. The van der Waals surface area contributed by atoms with Crippen LogP contribution in [0.3, 0.4) is 0 Å². The van der Waals surface area contributed by atoms with Gasteiger partial charge >= 0.3 is 0 Å². The molecule has 1 atom stereocenters. The number of benzene rings is 1. The fourth-order valence-corrected chi connectivity index (χ4v) is 3.92.